The fraction of sp³-hybridized carbons (Fsp3) is 0.550. The SMILES string of the molecule is C=C(C)C(=O)[O-].C=CC(=O)OCC[N+](C)(C)C.C=CC(=O)OCC[N+](C)(C)C.[Cl-]. The molecule has 0 aliphatic heterocycles. The van der Waals surface area contributed by atoms with Crippen LogP contribution in [-0.4, -0.2) is 95.5 Å². The van der Waals surface area contributed by atoms with Crippen molar-refractivity contribution < 1.29 is 50.3 Å². The molecule has 0 amide bonds. The Morgan fingerprint density at radius 1 is 0.828 bits per heavy atom. The first-order valence-corrected chi connectivity index (χ1v) is 8.62. The summed E-state index contributed by atoms with van der Waals surface area (Å²) in [6.07, 6.45) is 2.35. The predicted octanol–water partition coefficient (Wildman–Crippen LogP) is -2.84. The Morgan fingerprint density at radius 3 is 1.21 bits per heavy atom. The summed E-state index contributed by atoms with van der Waals surface area (Å²) < 4.78 is 11.2. The topological polar surface area (TPSA) is 92.7 Å². The van der Waals surface area contributed by atoms with Crippen molar-refractivity contribution in [2.45, 2.75) is 6.92 Å². The number of aliphatic carboxylic acids is 1. The molecule has 0 saturated carbocycles. The van der Waals surface area contributed by atoms with E-state index in [1.54, 1.807) is 0 Å². The van der Waals surface area contributed by atoms with Crippen LogP contribution in [0.25, 0.3) is 0 Å². The van der Waals surface area contributed by atoms with Gasteiger partial charge in [-0.05, 0) is 12.5 Å². The third kappa shape index (κ3) is 37.3. The van der Waals surface area contributed by atoms with Gasteiger partial charge in [0.1, 0.15) is 26.3 Å². The van der Waals surface area contributed by atoms with Crippen molar-refractivity contribution in [2.75, 3.05) is 68.6 Å². The van der Waals surface area contributed by atoms with Gasteiger partial charge < -0.3 is 40.7 Å². The van der Waals surface area contributed by atoms with Crippen molar-refractivity contribution in [3.8, 4) is 0 Å². The van der Waals surface area contributed by atoms with Gasteiger partial charge in [-0.2, -0.15) is 0 Å². The lowest BCUT2D eigenvalue weighted by Gasteiger charge is -2.23. The van der Waals surface area contributed by atoms with E-state index in [1.807, 2.05) is 42.3 Å². The van der Waals surface area contributed by atoms with Gasteiger partial charge in [0.05, 0.1) is 48.3 Å². The number of halogens is 1. The van der Waals surface area contributed by atoms with Crippen LogP contribution < -0.4 is 17.5 Å². The Hall–Kier alpha value is -2.16. The van der Waals surface area contributed by atoms with Gasteiger partial charge in [-0.3, -0.25) is 0 Å². The molecule has 0 atom stereocenters. The highest BCUT2D eigenvalue weighted by Gasteiger charge is 2.07. The van der Waals surface area contributed by atoms with Crippen molar-refractivity contribution in [1.82, 2.24) is 0 Å². The molecule has 0 heterocycles. The van der Waals surface area contributed by atoms with E-state index in [9.17, 15) is 19.5 Å². The van der Waals surface area contributed by atoms with Crippen LogP contribution in [0.5, 0.6) is 0 Å². The van der Waals surface area contributed by atoms with Crippen molar-refractivity contribution in [2.24, 2.45) is 0 Å². The second-order valence-corrected chi connectivity index (χ2v) is 7.84. The molecule has 0 rings (SSSR count). The average Bonchev–Trinajstić information content (AvgIpc) is 2.53. The van der Waals surface area contributed by atoms with Crippen molar-refractivity contribution in [1.29, 1.82) is 0 Å². The highest BCUT2D eigenvalue weighted by Crippen LogP contribution is 1.90. The Morgan fingerprint density at radius 2 is 1.07 bits per heavy atom. The summed E-state index contributed by atoms with van der Waals surface area (Å²) >= 11 is 0. The normalized spacial score (nSPS) is 9.76. The average molecular weight is 437 g/mol. The van der Waals surface area contributed by atoms with E-state index < -0.39 is 5.97 Å². The minimum absolute atomic E-state index is 0. The van der Waals surface area contributed by atoms with E-state index in [0.717, 1.165) is 22.1 Å². The summed E-state index contributed by atoms with van der Waals surface area (Å²) in [5.41, 5.74) is 0.0648. The van der Waals surface area contributed by atoms with E-state index in [2.05, 4.69) is 19.7 Å². The van der Waals surface area contributed by atoms with Gasteiger partial charge >= 0.3 is 11.9 Å². The molecule has 29 heavy (non-hydrogen) atoms. The number of carbonyl (C=O) groups excluding carboxylic acids is 3. The second-order valence-electron chi connectivity index (χ2n) is 7.84. The number of rotatable bonds is 9. The standard InChI is InChI=1S/2C8H16NO2.C4H6O2.ClH/c2*1-5-8(10)11-7-6-9(2,3)4;1-3(2)4(5)6;/h2*5H,1,6-7H2,2-4H3;1H2,2H3,(H,5,6);1H/q2*+1;;/p-2. The quantitative estimate of drug-likeness (QED) is 0.219. The number of hydrogen-bond donors (Lipinski definition) is 0. The lowest BCUT2D eigenvalue weighted by molar-refractivity contribution is -0.870. The lowest BCUT2D eigenvalue weighted by atomic mass is 10.4. The van der Waals surface area contributed by atoms with Crippen LogP contribution in [0, 0.1) is 0 Å². The molecule has 0 saturated heterocycles. The third-order valence-electron chi connectivity index (χ3n) is 2.69. The first-order valence-electron chi connectivity index (χ1n) is 8.62. The van der Waals surface area contributed by atoms with Crippen molar-refractivity contribution >= 4 is 17.9 Å². The molecule has 0 aliphatic carbocycles. The van der Waals surface area contributed by atoms with E-state index in [1.165, 1.54) is 19.1 Å². The van der Waals surface area contributed by atoms with Gasteiger partial charge in [-0.15, -0.1) is 0 Å². The molecule has 0 aromatic carbocycles. The molecule has 0 fully saturated rings. The van der Waals surface area contributed by atoms with Gasteiger partial charge in [-0.1, -0.05) is 19.7 Å². The molecule has 0 unspecified atom stereocenters. The number of hydrogen-bond acceptors (Lipinski definition) is 6. The van der Waals surface area contributed by atoms with E-state index in [4.69, 9.17) is 9.47 Å². The number of nitrogens with zero attached hydrogens (tertiary/aromatic N) is 2. The molecule has 9 heteroatoms. The highest BCUT2D eigenvalue weighted by molar-refractivity contribution is 5.83. The summed E-state index contributed by atoms with van der Waals surface area (Å²) in [4.78, 5) is 30.6. The minimum atomic E-state index is -1.19. The number of likely N-dealkylation sites (N-methyl/N-ethyl adjacent to an activating group) is 2. The van der Waals surface area contributed by atoms with Crippen molar-refractivity contribution in [3.63, 3.8) is 0 Å². The molecule has 0 aromatic rings. The molecule has 0 aromatic heterocycles. The summed E-state index contributed by atoms with van der Waals surface area (Å²) in [5.74, 6) is -1.88. The Bertz CT molecular complexity index is 486. The largest absolute Gasteiger partial charge is 1.00 e. The van der Waals surface area contributed by atoms with Crippen LogP contribution >= 0.6 is 0 Å². The van der Waals surface area contributed by atoms with E-state index in [0.29, 0.717) is 13.2 Å². The molecule has 0 spiro atoms. The summed E-state index contributed by atoms with van der Waals surface area (Å²) in [5, 5.41) is 9.49. The second kappa shape index (κ2) is 17.9. The third-order valence-corrected chi connectivity index (χ3v) is 2.69. The molecule has 8 nitrogen and oxygen atoms in total. The Balaban J connectivity index is -0.000000166. The molecular weight excluding hydrogens is 400 g/mol. The maximum absolute atomic E-state index is 10.6. The number of carbonyl (C=O) groups is 3. The Kier molecular flexibility index (Phi) is 21.2. The van der Waals surface area contributed by atoms with Gasteiger partial charge in [0.2, 0.25) is 0 Å². The molecule has 170 valence electrons. The number of ether oxygens (including phenoxy) is 2. The molecular formula is C20H37ClN2O6. The zero-order chi connectivity index (χ0) is 23.0. The van der Waals surface area contributed by atoms with E-state index >= 15 is 0 Å². The van der Waals surface area contributed by atoms with E-state index in [-0.39, 0.29) is 29.9 Å². The predicted molar refractivity (Wildman–Crippen MR) is 108 cm³/mol. The molecule has 0 N–H and O–H groups in total. The molecule has 0 radical (unpaired) electrons. The Labute approximate surface area is 181 Å². The van der Waals surface area contributed by atoms with Crippen LogP contribution in [0.3, 0.4) is 0 Å². The fourth-order valence-corrected chi connectivity index (χ4v) is 0.958. The first kappa shape index (κ1) is 34.4. The van der Waals surface area contributed by atoms with Crippen LogP contribution in [0.15, 0.2) is 37.5 Å². The fourth-order valence-electron chi connectivity index (χ4n) is 0.958. The van der Waals surface area contributed by atoms with Crippen LogP contribution in [0.2, 0.25) is 0 Å². The maximum atomic E-state index is 10.6. The van der Waals surface area contributed by atoms with Crippen LogP contribution in [0.4, 0.5) is 0 Å². The van der Waals surface area contributed by atoms with Crippen LogP contribution in [0.1, 0.15) is 6.92 Å². The van der Waals surface area contributed by atoms with Gasteiger partial charge in [-0.25, -0.2) is 9.59 Å². The van der Waals surface area contributed by atoms with Crippen LogP contribution in [-0.2, 0) is 23.9 Å². The zero-order valence-electron chi connectivity index (χ0n) is 18.8. The number of esters is 2. The summed E-state index contributed by atoms with van der Waals surface area (Å²) in [7, 11) is 12.3. The minimum Gasteiger partial charge on any atom is -1.00 e. The molecule has 0 aliphatic rings. The monoisotopic (exact) mass is 436 g/mol. The lowest BCUT2D eigenvalue weighted by Crippen LogP contribution is -3.00. The van der Waals surface area contributed by atoms with Gasteiger partial charge in [0.25, 0.3) is 0 Å². The summed E-state index contributed by atoms with van der Waals surface area (Å²) in [6.45, 7) is 13.6. The number of carboxylic acid groups (broad SMARTS) is 1. The number of carboxylic acids is 1. The smallest absolute Gasteiger partial charge is 0.330 e. The van der Waals surface area contributed by atoms with Gasteiger partial charge in [0.15, 0.2) is 0 Å². The summed E-state index contributed by atoms with van der Waals surface area (Å²) in [6, 6.07) is 0. The first-order chi connectivity index (χ1) is 12.6. The van der Waals surface area contributed by atoms with Crippen molar-refractivity contribution in [3.05, 3.63) is 37.5 Å². The zero-order valence-corrected chi connectivity index (χ0v) is 19.6. The maximum Gasteiger partial charge on any atom is 0.330 e. The van der Waals surface area contributed by atoms with Gasteiger partial charge in [0, 0.05) is 12.2 Å². The highest BCUT2D eigenvalue weighted by atomic mass is 35.5. The number of quaternary nitrogens is 2. The molecule has 0 bridgehead atoms.